The van der Waals surface area contributed by atoms with Crippen LogP contribution in [0.4, 0.5) is 18.9 Å². The van der Waals surface area contributed by atoms with Crippen molar-refractivity contribution >= 4 is 40.5 Å². The molecule has 0 radical (unpaired) electrons. The maximum atomic E-state index is 13.6. The fourth-order valence-electron chi connectivity index (χ4n) is 2.76. The molecule has 1 unspecified atom stereocenters. The van der Waals surface area contributed by atoms with Gasteiger partial charge in [-0.3, -0.25) is 9.69 Å². The largest absolute Gasteiger partial charge is 0.431 e. The third-order valence-electron chi connectivity index (χ3n) is 3.78. The number of rotatable bonds is 0. The summed E-state index contributed by atoms with van der Waals surface area (Å²) in [7, 11) is 0. The molecule has 2 aliphatic heterocycles. The van der Waals surface area contributed by atoms with Crippen LogP contribution in [0.5, 0.6) is 0 Å². The molecule has 0 bridgehead atoms. The van der Waals surface area contributed by atoms with E-state index in [1.807, 2.05) is 0 Å². The van der Waals surface area contributed by atoms with Gasteiger partial charge in [-0.25, -0.2) is 4.99 Å². The Labute approximate surface area is 146 Å². The van der Waals surface area contributed by atoms with Crippen molar-refractivity contribution in [3.63, 3.8) is 0 Å². The van der Waals surface area contributed by atoms with Crippen LogP contribution in [0.25, 0.3) is 0 Å². The Balaban J connectivity index is 2.29. The van der Waals surface area contributed by atoms with Crippen LogP contribution >= 0.6 is 23.2 Å². The summed E-state index contributed by atoms with van der Waals surface area (Å²) in [5.74, 6) is -1.39. The summed E-state index contributed by atoms with van der Waals surface area (Å²) >= 11 is 12.2. The van der Waals surface area contributed by atoms with Crippen molar-refractivity contribution in [1.82, 2.24) is 0 Å². The molecule has 0 saturated heterocycles. The van der Waals surface area contributed by atoms with E-state index < -0.39 is 23.6 Å². The summed E-state index contributed by atoms with van der Waals surface area (Å²) in [6, 6.07) is 2.90. The monoisotopic (exact) mass is 374 g/mol. The summed E-state index contributed by atoms with van der Waals surface area (Å²) in [6.45, 7) is 1.61. The molecule has 0 saturated carbocycles. The van der Waals surface area contributed by atoms with Crippen LogP contribution in [0.2, 0.25) is 10.0 Å². The van der Waals surface area contributed by atoms with Gasteiger partial charge in [0.05, 0.1) is 10.7 Å². The van der Waals surface area contributed by atoms with Crippen molar-refractivity contribution in [1.29, 1.82) is 0 Å². The number of Topliss-reactive ketones (excluding diaryl/α,β-unsaturated/α-hetero) is 1. The van der Waals surface area contributed by atoms with Crippen molar-refractivity contribution in [3.05, 3.63) is 51.8 Å². The molecular weight excluding hydrogens is 364 g/mol. The zero-order valence-electron chi connectivity index (χ0n) is 12.4. The number of anilines is 1. The van der Waals surface area contributed by atoms with Gasteiger partial charge in [0, 0.05) is 23.6 Å². The molecule has 8 heteroatoms. The summed E-state index contributed by atoms with van der Waals surface area (Å²) in [6.07, 6.45) is -0.843. The number of allylic oxidation sites excluding steroid dienone is 3. The SMILES string of the molecule is CC1C=C(C(F)(F)F)N(C2=NC=CCC2=O)c2c(Cl)cc(Cl)cc21. The molecule has 0 fully saturated rings. The van der Waals surface area contributed by atoms with E-state index in [1.54, 1.807) is 13.0 Å². The van der Waals surface area contributed by atoms with Crippen LogP contribution in [-0.4, -0.2) is 17.8 Å². The number of hydrogen-bond acceptors (Lipinski definition) is 3. The second kappa shape index (κ2) is 5.93. The molecule has 2 aliphatic rings. The lowest BCUT2D eigenvalue weighted by molar-refractivity contribution is -0.112. The Bertz CT molecular complexity index is 812. The molecule has 0 aromatic heterocycles. The topological polar surface area (TPSA) is 32.7 Å². The number of alkyl halides is 3. The molecule has 0 amide bonds. The quantitative estimate of drug-likeness (QED) is 0.621. The van der Waals surface area contributed by atoms with Crippen LogP contribution < -0.4 is 4.90 Å². The predicted molar refractivity (Wildman–Crippen MR) is 87.7 cm³/mol. The fraction of sp³-hybridized carbons (Fsp3) is 0.250. The molecule has 3 rings (SSSR count). The molecular formula is C16H11Cl2F3N2O. The Morgan fingerprint density at radius 2 is 2.00 bits per heavy atom. The molecule has 0 aliphatic carbocycles. The van der Waals surface area contributed by atoms with E-state index in [2.05, 4.69) is 4.99 Å². The lowest BCUT2D eigenvalue weighted by atomic mass is 9.92. The van der Waals surface area contributed by atoms with E-state index in [9.17, 15) is 18.0 Å². The number of fused-ring (bicyclic) bond motifs is 1. The van der Waals surface area contributed by atoms with Crippen LogP contribution in [0, 0.1) is 0 Å². The number of nitrogens with zero attached hydrogens (tertiary/aromatic N) is 2. The highest BCUT2D eigenvalue weighted by molar-refractivity contribution is 6.47. The second-order valence-electron chi connectivity index (χ2n) is 5.46. The summed E-state index contributed by atoms with van der Waals surface area (Å²) in [5, 5.41) is 0.343. The minimum atomic E-state index is -4.67. The minimum absolute atomic E-state index is 0.0173. The first kappa shape index (κ1) is 17.0. The van der Waals surface area contributed by atoms with Gasteiger partial charge >= 0.3 is 6.18 Å². The zero-order chi connectivity index (χ0) is 17.6. The maximum absolute atomic E-state index is 13.6. The van der Waals surface area contributed by atoms with E-state index in [0.717, 1.165) is 11.0 Å². The van der Waals surface area contributed by atoms with Crippen molar-refractivity contribution < 1.29 is 18.0 Å². The van der Waals surface area contributed by atoms with Gasteiger partial charge in [-0.15, -0.1) is 0 Å². The molecule has 1 aromatic rings. The van der Waals surface area contributed by atoms with Gasteiger partial charge in [0.25, 0.3) is 0 Å². The van der Waals surface area contributed by atoms with Gasteiger partial charge in [-0.2, -0.15) is 13.2 Å². The number of amidine groups is 1. The third-order valence-corrected chi connectivity index (χ3v) is 4.28. The molecule has 0 spiro atoms. The number of benzene rings is 1. The van der Waals surface area contributed by atoms with Crippen LogP contribution in [-0.2, 0) is 4.79 Å². The van der Waals surface area contributed by atoms with Gasteiger partial charge in [-0.05, 0) is 23.8 Å². The standard InChI is InChI=1S/C16H11Cl2F3N2O/c1-8-5-13(16(19,20)21)23(15-12(24)3-2-4-22-15)14-10(8)6-9(17)7-11(14)18/h2,4-8H,3H2,1H3. The molecule has 2 heterocycles. The number of carbonyl (C=O) groups excluding carboxylic acids is 1. The fourth-order valence-corrected chi connectivity index (χ4v) is 3.35. The first-order valence-corrected chi connectivity index (χ1v) is 7.80. The zero-order valence-corrected chi connectivity index (χ0v) is 13.9. The van der Waals surface area contributed by atoms with Gasteiger partial charge in [0.2, 0.25) is 5.78 Å². The van der Waals surface area contributed by atoms with Gasteiger partial charge < -0.3 is 0 Å². The molecule has 126 valence electrons. The predicted octanol–water partition coefficient (Wildman–Crippen LogP) is 5.25. The van der Waals surface area contributed by atoms with Crippen LogP contribution in [0.1, 0.15) is 24.8 Å². The molecule has 1 atom stereocenters. The Morgan fingerprint density at radius 3 is 2.62 bits per heavy atom. The van der Waals surface area contributed by atoms with Gasteiger partial charge in [0.1, 0.15) is 5.70 Å². The Morgan fingerprint density at radius 1 is 1.29 bits per heavy atom. The second-order valence-corrected chi connectivity index (χ2v) is 6.31. The van der Waals surface area contributed by atoms with Crippen molar-refractivity contribution in [2.24, 2.45) is 4.99 Å². The highest BCUT2D eigenvalue weighted by Gasteiger charge is 2.45. The normalized spacial score (nSPS) is 20.7. The molecule has 3 nitrogen and oxygen atoms in total. The van der Waals surface area contributed by atoms with Gasteiger partial charge in [0.15, 0.2) is 5.84 Å². The molecule has 24 heavy (non-hydrogen) atoms. The van der Waals surface area contributed by atoms with E-state index >= 15 is 0 Å². The average Bonchev–Trinajstić information content (AvgIpc) is 2.47. The number of halogens is 5. The van der Waals surface area contributed by atoms with E-state index in [1.165, 1.54) is 18.3 Å². The van der Waals surface area contributed by atoms with Crippen molar-refractivity contribution in [2.45, 2.75) is 25.4 Å². The molecule has 0 N–H and O–H groups in total. The van der Waals surface area contributed by atoms with Crippen molar-refractivity contribution in [2.75, 3.05) is 4.90 Å². The third kappa shape index (κ3) is 2.84. The van der Waals surface area contributed by atoms with Crippen LogP contribution in [0.3, 0.4) is 0 Å². The first-order valence-electron chi connectivity index (χ1n) is 7.04. The molecule has 1 aromatic carbocycles. The van der Waals surface area contributed by atoms with Crippen molar-refractivity contribution in [3.8, 4) is 0 Å². The minimum Gasteiger partial charge on any atom is -0.290 e. The highest BCUT2D eigenvalue weighted by Crippen LogP contribution is 2.47. The van der Waals surface area contributed by atoms with E-state index in [4.69, 9.17) is 23.2 Å². The highest BCUT2D eigenvalue weighted by atomic mass is 35.5. The lowest BCUT2D eigenvalue weighted by Crippen LogP contribution is -2.43. The Kier molecular flexibility index (Phi) is 4.21. The van der Waals surface area contributed by atoms with Gasteiger partial charge in [-0.1, -0.05) is 36.2 Å². The van der Waals surface area contributed by atoms with E-state index in [-0.39, 0.29) is 23.0 Å². The first-order chi connectivity index (χ1) is 11.2. The number of carbonyl (C=O) groups is 1. The van der Waals surface area contributed by atoms with E-state index in [0.29, 0.717) is 10.6 Å². The van der Waals surface area contributed by atoms with Crippen LogP contribution in [0.15, 0.2) is 41.2 Å². The smallest absolute Gasteiger partial charge is 0.290 e. The lowest BCUT2D eigenvalue weighted by Gasteiger charge is -2.36. The number of hydrogen-bond donors (Lipinski definition) is 0. The Hall–Kier alpha value is -1.79. The summed E-state index contributed by atoms with van der Waals surface area (Å²) in [5.41, 5.74) is -0.384. The maximum Gasteiger partial charge on any atom is 0.431 e. The average molecular weight is 375 g/mol. The number of aliphatic imine (C=N–C) groups is 1. The summed E-state index contributed by atoms with van der Waals surface area (Å²) in [4.78, 5) is 16.8. The number of ketones is 1. The summed E-state index contributed by atoms with van der Waals surface area (Å²) < 4.78 is 40.8.